The third-order valence-corrected chi connectivity index (χ3v) is 2.03. The summed E-state index contributed by atoms with van der Waals surface area (Å²) in [6.07, 6.45) is 5.65. The maximum atomic E-state index is 10.7. The second-order valence-corrected chi connectivity index (χ2v) is 3.28. The van der Waals surface area contributed by atoms with Crippen molar-refractivity contribution in [3.8, 4) is 0 Å². The Morgan fingerprint density at radius 1 is 1.40 bits per heavy atom. The average Bonchev–Trinajstić information content (AvgIpc) is 2.22. The van der Waals surface area contributed by atoms with E-state index in [0.717, 1.165) is 25.3 Å². The molecule has 86 valence electrons. The first-order valence-corrected chi connectivity index (χ1v) is 4.96. The van der Waals surface area contributed by atoms with Crippen LogP contribution >= 0.6 is 0 Å². The summed E-state index contributed by atoms with van der Waals surface area (Å²) in [6.45, 7) is 2.03. The van der Waals surface area contributed by atoms with Gasteiger partial charge in [-0.15, -0.1) is 0 Å². The number of carboxylic acid groups (broad SMARTS) is 1. The first-order chi connectivity index (χ1) is 7.11. The minimum absolute atomic E-state index is 0.512. The smallest absolute Gasteiger partial charge is 0.310 e. The van der Waals surface area contributed by atoms with Crippen LogP contribution in [0.25, 0.3) is 0 Å². The van der Waals surface area contributed by atoms with E-state index in [0.29, 0.717) is 6.42 Å². The molecule has 0 aliphatic rings. The number of unbranched alkanes of at least 4 members (excludes halogenated alkanes) is 2. The van der Waals surface area contributed by atoms with Crippen molar-refractivity contribution >= 4 is 11.9 Å². The van der Waals surface area contributed by atoms with Crippen LogP contribution in [0.15, 0.2) is 12.2 Å². The van der Waals surface area contributed by atoms with E-state index in [4.69, 9.17) is 10.3 Å². The van der Waals surface area contributed by atoms with E-state index in [-0.39, 0.29) is 0 Å². The first kappa shape index (κ1) is 13.6. The Hall–Kier alpha value is -1.36. The standard InChI is InChI=1S/C10H17NO4/c1-2-3-4-5-8(10(13)14)6-7-9(12)11-15/h6-8,15H,2-5H2,1H3,(H,11,12)(H,13,14). The largest absolute Gasteiger partial charge is 0.481 e. The molecule has 0 rings (SSSR count). The Labute approximate surface area is 88.7 Å². The highest BCUT2D eigenvalue weighted by molar-refractivity contribution is 5.87. The summed E-state index contributed by atoms with van der Waals surface area (Å²) in [7, 11) is 0. The van der Waals surface area contributed by atoms with Crippen molar-refractivity contribution in [1.82, 2.24) is 5.48 Å². The molecule has 0 saturated carbocycles. The molecular weight excluding hydrogens is 198 g/mol. The maximum Gasteiger partial charge on any atom is 0.310 e. The lowest BCUT2D eigenvalue weighted by Gasteiger charge is -2.06. The van der Waals surface area contributed by atoms with Gasteiger partial charge in [0.1, 0.15) is 0 Å². The predicted octanol–water partition coefficient (Wildman–Crippen LogP) is 1.33. The molecule has 0 saturated heterocycles. The van der Waals surface area contributed by atoms with E-state index in [1.54, 1.807) is 0 Å². The number of carboxylic acids is 1. The first-order valence-electron chi connectivity index (χ1n) is 4.96. The summed E-state index contributed by atoms with van der Waals surface area (Å²) in [4.78, 5) is 21.4. The van der Waals surface area contributed by atoms with Gasteiger partial charge in [0, 0.05) is 6.08 Å². The summed E-state index contributed by atoms with van der Waals surface area (Å²) in [5.74, 6) is -2.32. The van der Waals surface area contributed by atoms with Crippen LogP contribution in [0, 0.1) is 5.92 Å². The lowest BCUT2D eigenvalue weighted by molar-refractivity contribution is -0.140. The summed E-state index contributed by atoms with van der Waals surface area (Å²) >= 11 is 0. The van der Waals surface area contributed by atoms with Crippen LogP contribution in [-0.4, -0.2) is 22.2 Å². The van der Waals surface area contributed by atoms with Gasteiger partial charge in [0.05, 0.1) is 5.92 Å². The summed E-state index contributed by atoms with van der Waals surface area (Å²) in [5, 5.41) is 17.0. The Morgan fingerprint density at radius 2 is 2.07 bits per heavy atom. The summed E-state index contributed by atoms with van der Waals surface area (Å²) in [6, 6.07) is 0. The predicted molar refractivity (Wildman–Crippen MR) is 54.3 cm³/mol. The Balaban J connectivity index is 4.10. The molecular formula is C10H17NO4. The molecule has 0 aliphatic carbocycles. The van der Waals surface area contributed by atoms with Gasteiger partial charge < -0.3 is 5.11 Å². The fourth-order valence-corrected chi connectivity index (χ4v) is 1.16. The number of hydroxylamine groups is 1. The maximum absolute atomic E-state index is 10.7. The molecule has 1 unspecified atom stereocenters. The van der Waals surface area contributed by atoms with Crippen molar-refractivity contribution in [2.45, 2.75) is 32.6 Å². The molecule has 5 heteroatoms. The molecule has 0 aromatic heterocycles. The van der Waals surface area contributed by atoms with E-state index < -0.39 is 17.8 Å². The minimum Gasteiger partial charge on any atom is -0.481 e. The summed E-state index contributed by atoms with van der Waals surface area (Å²) in [5.41, 5.74) is 1.41. The van der Waals surface area contributed by atoms with Crippen LogP contribution in [0.3, 0.4) is 0 Å². The highest BCUT2D eigenvalue weighted by Crippen LogP contribution is 2.11. The van der Waals surface area contributed by atoms with Gasteiger partial charge >= 0.3 is 5.97 Å². The molecule has 0 aromatic rings. The molecule has 0 aromatic carbocycles. The minimum atomic E-state index is -0.951. The third kappa shape index (κ3) is 6.68. The van der Waals surface area contributed by atoms with Crippen molar-refractivity contribution in [1.29, 1.82) is 0 Å². The number of hydrogen-bond acceptors (Lipinski definition) is 3. The van der Waals surface area contributed by atoms with Crippen molar-refractivity contribution in [2.75, 3.05) is 0 Å². The van der Waals surface area contributed by atoms with E-state index >= 15 is 0 Å². The molecule has 5 nitrogen and oxygen atoms in total. The highest BCUT2D eigenvalue weighted by Gasteiger charge is 2.13. The molecule has 3 N–H and O–H groups in total. The normalized spacial score (nSPS) is 12.7. The molecule has 15 heavy (non-hydrogen) atoms. The SMILES string of the molecule is CCCCCC(C=CC(=O)NO)C(=O)O. The van der Waals surface area contributed by atoms with E-state index in [9.17, 15) is 9.59 Å². The lowest BCUT2D eigenvalue weighted by atomic mass is 10.0. The quantitative estimate of drug-likeness (QED) is 0.259. The Morgan fingerprint density at radius 3 is 2.53 bits per heavy atom. The highest BCUT2D eigenvalue weighted by atomic mass is 16.5. The Bertz CT molecular complexity index is 238. The van der Waals surface area contributed by atoms with Crippen LogP contribution in [-0.2, 0) is 9.59 Å². The lowest BCUT2D eigenvalue weighted by Crippen LogP contribution is -2.17. The fourth-order valence-electron chi connectivity index (χ4n) is 1.16. The summed E-state index contributed by atoms with van der Waals surface area (Å²) < 4.78 is 0. The van der Waals surface area contributed by atoms with Crippen LogP contribution in [0.5, 0.6) is 0 Å². The second-order valence-electron chi connectivity index (χ2n) is 3.28. The number of nitrogens with one attached hydrogen (secondary N) is 1. The van der Waals surface area contributed by atoms with Crippen molar-refractivity contribution in [3.63, 3.8) is 0 Å². The van der Waals surface area contributed by atoms with Gasteiger partial charge in [-0.05, 0) is 6.42 Å². The Kier molecular flexibility index (Phi) is 7.27. The van der Waals surface area contributed by atoms with Gasteiger partial charge in [0.2, 0.25) is 0 Å². The van der Waals surface area contributed by atoms with Gasteiger partial charge in [-0.1, -0.05) is 32.3 Å². The molecule has 1 amide bonds. The van der Waals surface area contributed by atoms with Crippen molar-refractivity contribution < 1.29 is 19.9 Å². The van der Waals surface area contributed by atoms with Crippen molar-refractivity contribution in [2.24, 2.45) is 5.92 Å². The third-order valence-electron chi connectivity index (χ3n) is 2.03. The average molecular weight is 215 g/mol. The topological polar surface area (TPSA) is 86.6 Å². The second kappa shape index (κ2) is 7.99. The zero-order chi connectivity index (χ0) is 11.7. The number of aliphatic carboxylic acids is 1. The van der Waals surface area contributed by atoms with Gasteiger partial charge in [-0.2, -0.15) is 0 Å². The number of carbonyl (C=O) groups is 2. The van der Waals surface area contributed by atoms with Crippen LogP contribution in [0.2, 0.25) is 0 Å². The molecule has 0 heterocycles. The number of rotatable bonds is 7. The van der Waals surface area contributed by atoms with E-state index in [1.807, 2.05) is 6.92 Å². The van der Waals surface area contributed by atoms with Gasteiger partial charge in [0.15, 0.2) is 0 Å². The van der Waals surface area contributed by atoms with Crippen LogP contribution < -0.4 is 5.48 Å². The van der Waals surface area contributed by atoms with E-state index in [2.05, 4.69) is 0 Å². The molecule has 0 spiro atoms. The van der Waals surface area contributed by atoms with Crippen molar-refractivity contribution in [3.05, 3.63) is 12.2 Å². The molecule has 0 fully saturated rings. The number of hydrogen-bond donors (Lipinski definition) is 3. The number of amides is 1. The van der Waals surface area contributed by atoms with Gasteiger partial charge in [-0.25, -0.2) is 5.48 Å². The van der Waals surface area contributed by atoms with Crippen LogP contribution in [0.4, 0.5) is 0 Å². The molecule has 0 radical (unpaired) electrons. The number of carbonyl (C=O) groups excluding carboxylic acids is 1. The molecule has 0 bridgehead atoms. The van der Waals surface area contributed by atoms with Gasteiger partial charge in [-0.3, -0.25) is 14.8 Å². The zero-order valence-electron chi connectivity index (χ0n) is 8.77. The fraction of sp³-hybridized carbons (Fsp3) is 0.600. The monoisotopic (exact) mass is 215 g/mol. The van der Waals surface area contributed by atoms with Gasteiger partial charge in [0.25, 0.3) is 5.91 Å². The van der Waals surface area contributed by atoms with Crippen LogP contribution in [0.1, 0.15) is 32.6 Å². The molecule has 1 atom stereocenters. The molecule has 0 aliphatic heterocycles. The zero-order valence-corrected chi connectivity index (χ0v) is 8.77. The van der Waals surface area contributed by atoms with E-state index in [1.165, 1.54) is 11.6 Å².